The van der Waals surface area contributed by atoms with Gasteiger partial charge in [0.05, 0.1) is 18.5 Å². The molecule has 9 rings (SSSR count). The average molecular weight is 779 g/mol. The lowest BCUT2D eigenvalue weighted by Gasteiger charge is -2.15. The molecule has 0 bridgehead atoms. The van der Waals surface area contributed by atoms with Gasteiger partial charge in [0.15, 0.2) is 0 Å². The lowest BCUT2D eigenvalue weighted by atomic mass is 10.1. The van der Waals surface area contributed by atoms with Crippen molar-refractivity contribution in [2.45, 2.75) is 53.2 Å². The van der Waals surface area contributed by atoms with Crippen LogP contribution in [-0.2, 0) is 39.4 Å². The number of hydrogen-bond acceptors (Lipinski definition) is 10. The second kappa shape index (κ2) is 17.7. The molecule has 0 saturated heterocycles. The fourth-order valence-electron chi connectivity index (χ4n) is 6.42. The van der Waals surface area contributed by atoms with Gasteiger partial charge in [-0.15, -0.1) is 0 Å². The molecule has 0 atom stereocenters. The topological polar surface area (TPSA) is 165 Å². The van der Waals surface area contributed by atoms with Crippen molar-refractivity contribution in [2.75, 3.05) is 7.11 Å². The molecular formula is C45H42N6O7. The second-order valence-corrected chi connectivity index (χ2v) is 13.9. The highest BCUT2D eigenvalue weighted by molar-refractivity contribution is 5.99. The number of aromatic hydroxyl groups is 1. The molecule has 3 aliphatic heterocycles. The Morgan fingerprint density at radius 2 is 1.21 bits per heavy atom. The largest absolute Gasteiger partial charge is 0.508 e. The maximum Gasteiger partial charge on any atom is 0.254 e. The first kappa shape index (κ1) is 39.0. The standard InChI is InChI=1S/C22H21N3O3.C15H14N2O2.C8H7NO2/c1-15-3-5-18(23-10-15)14-28-19-6-7-20-17(9-19)13-25(22(20)26)12-16-4-8-21(27-2)24-11-16;1-10-2-3-12(16-7-10)9-19-13-4-5-14-11(6-13)8-17-15(14)18;10-6-1-2-7-5(3-6)4-9-8(7)11/h3-11H,12-14H2,1-2H3;2-7H,8-9H2,1H3,(H,17,18);1-3,10H,4H2,(H,9,11). The van der Waals surface area contributed by atoms with Gasteiger partial charge >= 0.3 is 0 Å². The molecule has 3 N–H and O–H groups in total. The van der Waals surface area contributed by atoms with Crippen LogP contribution in [0.1, 0.15) is 75.8 Å². The first-order valence-corrected chi connectivity index (χ1v) is 18.6. The Morgan fingerprint density at radius 1 is 0.638 bits per heavy atom. The maximum absolute atomic E-state index is 12.7. The van der Waals surface area contributed by atoms with E-state index in [-0.39, 0.29) is 23.5 Å². The highest BCUT2D eigenvalue weighted by Crippen LogP contribution is 2.29. The lowest BCUT2D eigenvalue weighted by molar-refractivity contribution is 0.0766. The minimum atomic E-state index is -0.0556. The van der Waals surface area contributed by atoms with E-state index in [1.54, 1.807) is 42.5 Å². The number of carbonyl (C=O) groups excluding carboxylic acids is 3. The van der Waals surface area contributed by atoms with Crippen LogP contribution in [-0.4, -0.2) is 49.8 Å². The molecule has 3 aromatic carbocycles. The Bertz CT molecular complexity index is 2440. The second-order valence-electron chi connectivity index (χ2n) is 13.9. The first-order chi connectivity index (χ1) is 28.1. The summed E-state index contributed by atoms with van der Waals surface area (Å²) in [6.45, 7) is 7.00. The van der Waals surface area contributed by atoms with Gasteiger partial charge in [0, 0.05) is 67.5 Å². The van der Waals surface area contributed by atoms with E-state index in [0.717, 1.165) is 67.4 Å². The van der Waals surface area contributed by atoms with Crippen molar-refractivity contribution in [3.63, 3.8) is 0 Å². The number of ether oxygens (including phenoxy) is 3. The molecule has 0 fully saturated rings. The van der Waals surface area contributed by atoms with Gasteiger partial charge in [-0.2, -0.15) is 0 Å². The van der Waals surface area contributed by atoms with Crippen molar-refractivity contribution in [1.29, 1.82) is 0 Å². The Morgan fingerprint density at radius 3 is 1.76 bits per heavy atom. The van der Waals surface area contributed by atoms with Crippen LogP contribution in [0.5, 0.6) is 23.1 Å². The van der Waals surface area contributed by atoms with Crippen LogP contribution in [0.2, 0.25) is 0 Å². The molecule has 0 aliphatic carbocycles. The van der Waals surface area contributed by atoms with Gasteiger partial charge in [-0.3, -0.25) is 24.4 Å². The number of methoxy groups -OCH3 is 1. The van der Waals surface area contributed by atoms with Crippen molar-refractivity contribution in [1.82, 2.24) is 30.5 Å². The van der Waals surface area contributed by atoms with Crippen molar-refractivity contribution >= 4 is 17.7 Å². The van der Waals surface area contributed by atoms with E-state index in [0.29, 0.717) is 50.8 Å². The number of nitrogens with one attached hydrogen (secondary N) is 2. The Balaban J connectivity index is 0.000000146. The molecule has 0 spiro atoms. The molecule has 6 heterocycles. The van der Waals surface area contributed by atoms with Crippen LogP contribution < -0.4 is 24.8 Å². The molecule has 3 aromatic heterocycles. The monoisotopic (exact) mass is 778 g/mol. The van der Waals surface area contributed by atoms with Crippen molar-refractivity contribution in [2.24, 2.45) is 0 Å². The Labute approximate surface area is 335 Å². The summed E-state index contributed by atoms with van der Waals surface area (Å²) in [7, 11) is 1.58. The third-order valence-corrected chi connectivity index (χ3v) is 9.59. The third kappa shape index (κ3) is 9.56. The molecule has 0 unspecified atom stereocenters. The van der Waals surface area contributed by atoms with Crippen molar-refractivity contribution in [3.8, 4) is 23.1 Å². The number of rotatable bonds is 9. The summed E-state index contributed by atoms with van der Waals surface area (Å²) in [5, 5.41) is 14.5. The van der Waals surface area contributed by atoms with E-state index in [1.807, 2.05) is 86.9 Å². The lowest BCUT2D eigenvalue weighted by Crippen LogP contribution is -2.23. The number of benzene rings is 3. The average Bonchev–Trinajstić information content (AvgIpc) is 3.90. The molecule has 6 aromatic rings. The van der Waals surface area contributed by atoms with E-state index in [1.165, 1.54) is 6.07 Å². The van der Waals surface area contributed by atoms with Gasteiger partial charge in [0.1, 0.15) is 30.5 Å². The number of fused-ring (bicyclic) bond motifs is 3. The summed E-state index contributed by atoms with van der Waals surface area (Å²) in [6, 6.07) is 27.5. The van der Waals surface area contributed by atoms with Crippen LogP contribution >= 0.6 is 0 Å². The van der Waals surface area contributed by atoms with E-state index < -0.39 is 0 Å². The van der Waals surface area contributed by atoms with E-state index >= 15 is 0 Å². The highest BCUT2D eigenvalue weighted by Gasteiger charge is 2.28. The zero-order chi connectivity index (χ0) is 40.6. The predicted molar refractivity (Wildman–Crippen MR) is 214 cm³/mol. The normalized spacial score (nSPS) is 13.2. The number of phenols is 1. The summed E-state index contributed by atoms with van der Waals surface area (Å²) in [5.41, 5.74) is 9.93. The number of phenolic OH excluding ortho intramolecular Hbond substituents is 1. The quantitative estimate of drug-likeness (QED) is 0.150. The van der Waals surface area contributed by atoms with Gasteiger partial charge < -0.3 is 34.9 Å². The van der Waals surface area contributed by atoms with Crippen LogP contribution in [0.15, 0.2) is 110 Å². The molecule has 58 heavy (non-hydrogen) atoms. The molecular weight excluding hydrogens is 737 g/mol. The van der Waals surface area contributed by atoms with Crippen LogP contribution in [0.3, 0.4) is 0 Å². The van der Waals surface area contributed by atoms with E-state index in [9.17, 15) is 14.4 Å². The number of nitrogens with zero attached hydrogens (tertiary/aromatic N) is 4. The number of carbonyl (C=O) groups is 3. The number of pyridine rings is 3. The fourth-order valence-corrected chi connectivity index (χ4v) is 6.42. The Hall–Kier alpha value is -7.28. The van der Waals surface area contributed by atoms with E-state index in [2.05, 4.69) is 25.6 Å². The molecule has 3 aliphatic rings. The van der Waals surface area contributed by atoms with Crippen molar-refractivity contribution in [3.05, 3.63) is 171 Å². The van der Waals surface area contributed by atoms with Gasteiger partial charge in [0.2, 0.25) is 5.88 Å². The number of aryl methyl sites for hydroxylation is 2. The minimum absolute atomic E-state index is 0.0123. The summed E-state index contributed by atoms with van der Waals surface area (Å²) >= 11 is 0. The number of amides is 3. The van der Waals surface area contributed by atoms with Crippen LogP contribution in [0, 0.1) is 13.8 Å². The predicted octanol–water partition coefficient (Wildman–Crippen LogP) is 6.38. The molecule has 294 valence electrons. The zero-order valence-electron chi connectivity index (χ0n) is 32.3. The number of hydrogen-bond donors (Lipinski definition) is 3. The van der Waals surface area contributed by atoms with Gasteiger partial charge in [0.25, 0.3) is 17.7 Å². The van der Waals surface area contributed by atoms with Gasteiger partial charge in [-0.1, -0.05) is 18.2 Å². The summed E-state index contributed by atoms with van der Waals surface area (Å²) in [4.78, 5) is 49.7. The SMILES string of the molecule is COc1ccc(CN2Cc3cc(OCc4ccc(C)cn4)ccc3C2=O)cn1.Cc1ccc(COc2ccc3c(c2)CNC3=O)nc1.O=C1NCc2cc(O)ccc21. The summed E-state index contributed by atoms with van der Waals surface area (Å²) in [6.07, 6.45) is 5.38. The maximum atomic E-state index is 12.7. The van der Waals surface area contributed by atoms with Gasteiger partial charge in [-0.05, 0) is 114 Å². The van der Waals surface area contributed by atoms with Crippen LogP contribution in [0.25, 0.3) is 0 Å². The summed E-state index contributed by atoms with van der Waals surface area (Å²) < 4.78 is 16.6. The minimum Gasteiger partial charge on any atom is -0.508 e. The molecule has 3 amide bonds. The molecule has 13 heteroatoms. The Kier molecular flexibility index (Phi) is 11.9. The molecule has 0 radical (unpaired) electrons. The number of aromatic nitrogens is 3. The van der Waals surface area contributed by atoms with E-state index in [4.69, 9.17) is 19.3 Å². The third-order valence-electron chi connectivity index (χ3n) is 9.59. The first-order valence-electron chi connectivity index (χ1n) is 18.6. The summed E-state index contributed by atoms with van der Waals surface area (Å²) in [5.74, 6) is 2.23. The van der Waals surface area contributed by atoms with Crippen LogP contribution in [0.4, 0.5) is 0 Å². The van der Waals surface area contributed by atoms with Gasteiger partial charge in [-0.25, -0.2) is 4.98 Å². The highest BCUT2D eigenvalue weighted by atomic mass is 16.5. The fraction of sp³-hybridized carbons (Fsp3) is 0.200. The molecule has 0 saturated carbocycles. The van der Waals surface area contributed by atoms with Crippen molar-refractivity contribution < 1.29 is 33.7 Å². The molecule has 13 nitrogen and oxygen atoms in total. The smallest absolute Gasteiger partial charge is 0.254 e. The zero-order valence-corrected chi connectivity index (χ0v) is 32.3.